The first kappa shape index (κ1) is 42.0. The van der Waals surface area contributed by atoms with Gasteiger partial charge in [0, 0.05) is 34.6 Å². The molecule has 7 rings (SSSR count). The molecule has 59 heavy (non-hydrogen) atoms. The number of benzene rings is 3. The summed E-state index contributed by atoms with van der Waals surface area (Å²) < 4.78 is 12.9. The molecule has 1 amide bonds. The smallest absolute Gasteiger partial charge is 0.330 e. The number of aryl methyl sites for hydroxylation is 1. The highest BCUT2D eigenvalue weighted by molar-refractivity contribution is 6.30. The molecule has 3 aliphatic carbocycles. The van der Waals surface area contributed by atoms with Crippen LogP contribution in [0.4, 0.5) is 5.69 Å². The average molecular weight is 822 g/mol. The fourth-order valence-electron chi connectivity index (χ4n) is 9.93. The van der Waals surface area contributed by atoms with Crippen molar-refractivity contribution in [1.82, 2.24) is 10.3 Å². The van der Waals surface area contributed by atoms with Crippen LogP contribution in [-0.2, 0) is 32.6 Å². The predicted molar refractivity (Wildman–Crippen MR) is 228 cm³/mol. The number of carboxylic acid groups (broad SMARTS) is 2. The lowest BCUT2D eigenvalue weighted by molar-refractivity contribution is -0.144. The number of carbonyl (C=O) groups excluding carboxylic acids is 1. The predicted octanol–water partition coefficient (Wildman–Crippen LogP) is 9.55. The SMILES string of the molecule is CC(COc1ccc2c(c1)C1(CCC(Nc3cccc(Cl)c3)(C(=O)O)CC1)[C@@H](C[C@@H](C)COc1ccnc3c1[C@H](C)CCC3)C2)CC(=O)N[C@H](C(=O)O)c1ccccc1. The lowest BCUT2D eigenvalue weighted by Crippen LogP contribution is -2.53. The van der Waals surface area contributed by atoms with Gasteiger partial charge in [-0.3, -0.25) is 9.78 Å². The fourth-order valence-corrected chi connectivity index (χ4v) is 10.1. The summed E-state index contributed by atoms with van der Waals surface area (Å²) >= 11 is 6.30. The summed E-state index contributed by atoms with van der Waals surface area (Å²) in [6.07, 6.45) is 9.28. The van der Waals surface area contributed by atoms with Crippen molar-refractivity contribution in [3.63, 3.8) is 0 Å². The van der Waals surface area contributed by atoms with Gasteiger partial charge in [0.2, 0.25) is 5.91 Å². The van der Waals surface area contributed by atoms with E-state index in [1.54, 1.807) is 42.5 Å². The average Bonchev–Trinajstić information content (AvgIpc) is 3.50. The number of anilines is 1. The summed E-state index contributed by atoms with van der Waals surface area (Å²) in [6, 6.07) is 23.0. The van der Waals surface area contributed by atoms with Gasteiger partial charge in [-0.05, 0) is 140 Å². The fraction of sp³-hybridized carbons (Fsp3) is 0.458. The first-order chi connectivity index (χ1) is 28.4. The third kappa shape index (κ3) is 9.38. The number of carboxylic acids is 2. The van der Waals surface area contributed by atoms with Crippen molar-refractivity contribution in [2.24, 2.45) is 17.8 Å². The highest BCUT2D eigenvalue weighted by Crippen LogP contribution is 2.57. The van der Waals surface area contributed by atoms with Gasteiger partial charge < -0.3 is 30.3 Å². The Hall–Kier alpha value is -5.09. The van der Waals surface area contributed by atoms with E-state index in [1.807, 2.05) is 37.4 Å². The van der Waals surface area contributed by atoms with Crippen LogP contribution < -0.4 is 20.1 Å². The molecule has 5 atom stereocenters. The molecule has 4 aromatic rings. The zero-order valence-corrected chi connectivity index (χ0v) is 35.0. The van der Waals surface area contributed by atoms with Crippen LogP contribution >= 0.6 is 11.6 Å². The van der Waals surface area contributed by atoms with E-state index in [4.69, 9.17) is 21.1 Å². The Bertz CT molecular complexity index is 2140. The molecule has 1 unspecified atom stereocenters. The second kappa shape index (κ2) is 18.0. The van der Waals surface area contributed by atoms with E-state index in [2.05, 4.69) is 41.6 Å². The standard InChI is InChI=1S/C48H56ClN3O7/c1-30(29-59-41-17-22-50-40-14-7-9-32(3)43(40)41)23-35-25-34-15-16-38(58-28-31(2)24-42(53)51-44(45(54)55)33-10-5-4-6-11-33)27-39(34)47(35)18-20-48(21-19-47,46(56)57)52-37-13-8-12-36(49)26-37/h4-6,8,10-13,15-17,22,26-27,30-32,35,44,52H,7,9,14,18-21,23-25,28-29H2,1-3H3,(H,51,53)(H,54,55)(H,56,57)/t30-,31?,32-,35+,44+,47?,48?/m1/s1. The summed E-state index contributed by atoms with van der Waals surface area (Å²) in [4.78, 5) is 42.7. The Balaban J connectivity index is 1.07. The van der Waals surface area contributed by atoms with Gasteiger partial charge in [0.05, 0.1) is 13.2 Å². The molecule has 312 valence electrons. The van der Waals surface area contributed by atoms with Crippen molar-refractivity contribution in [3.8, 4) is 11.5 Å². The maximum absolute atomic E-state index is 13.1. The van der Waals surface area contributed by atoms with Crippen LogP contribution in [0.25, 0.3) is 0 Å². The van der Waals surface area contributed by atoms with Crippen LogP contribution in [0, 0.1) is 17.8 Å². The van der Waals surface area contributed by atoms with Crippen molar-refractivity contribution in [3.05, 3.63) is 118 Å². The Kier molecular flexibility index (Phi) is 12.9. The second-order valence-electron chi connectivity index (χ2n) is 17.4. The van der Waals surface area contributed by atoms with E-state index < -0.39 is 23.5 Å². The zero-order valence-electron chi connectivity index (χ0n) is 34.2. The maximum atomic E-state index is 13.1. The summed E-state index contributed by atoms with van der Waals surface area (Å²) in [5.74, 6) is 0.0406. The lowest BCUT2D eigenvalue weighted by Gasteiger charge is -2.47. The van der Waals surface area contributed by atoms with Crippen LogP contribution in [0.2, 0.25) is 5.02 Å². The molecule has 1 spiro atoms. The monoisotopic (exact) mass is 821 g/mol. The molecule has 10 nitrogen and oxygen atoms in total. The highest BCUT2D eigenvalue weighted by Gasteiger charge is 2.54. The largest absolute Gasteiger partial charge is 0.493 e. The summed E-state index contributed by atoms with van der Waals surface area (Å²) in [5.41, 5.74) is 4.66. The summed E-state index contributed by atoms with van der Waals surface area (Å²) in [5, 5.41) is 27.1. The molecule has 0 aliphatic heterocycles. The van der Waals surface area contributed by atoms with Crippen LogP contribution in [0.3, 0.4) is 0 Å². The van der Waals surface area contributed by atoms with Crippen molar-refractivity contribution in [2.75, 3.05) is 18.5 Å². The molecule has 0 bridgehead atoms. The highest BCUT2D eigenvalue weighted by atomic mass is 35.5. The van der Waals surface area contributed by atoms with Gasteiger partial charge in [-0.15, -0.1) is 0 Å². The third-order valence-electron chi connectivity index (χ3n) is 13.0. The van der Waals surface area contributed by atoms with Crippen LogP contribution in [-0.4, -0.2) is 51.8 Å². The van der Waals surface area contributed by atoms with Crippen molar-refractivity contribution < 1.29 is 34.1 Å². The number of nitrogens with zero attached hydrogens (tertiary/aromatic N) is 1. The van der Waals surface area contributed by atoms with Crippen molar-refractivity contribution >= 4 is 35.1 Å². The Morgan fingerprint density at radius 2 is 1.68 bits per heavy atom. The van der Waals surface area contributed by atoms with E-state index in [9.17, 15) is 24.6 Å². The van der Waals surface area contributed by atoms with Gasteiger partial charge in [0.25, 0.3) is 0 Å². The second-order valence-corrected chi connectivity index (χ2v) is 17.8. The molecule has 1 heterocycles. The maximum Gasteiger partial charge on any atom is 0.330 e. The minimum Gasteiger partial charge on any atom is -0.493 e. The number of amides is 1. The van der Waals surface area contributed by atoms with Crippen LogP contribution in [0.1, 0.15) is 112 Å². The number of aliphatic carboxylic acids is 2. The number of fused-ring (bicyclic) bond motifs is 3. The first-order valence-corrected chi connectivity index (χ1v) is 21.4. The van der Waals surface area contributed by atoms with Gasteiger partial charge in [-0.25, -0.2) is 9.59 Å². The summed E-state index contributed by atoms with van der Waals surface area (Å²) in [6.45, 7) is 7.27. The normalized spacial score (nSPS) is 23.6. The molecule has 3 aliphatic rings. The van der Waals surface area contributed by atoms with E-state index in [-0.39, 0.29) is 42.1 Å². The number of ether oxygens (including phenoxy) is 2. The van der Waals surface area contributed by atoms with Crippen LogP contribution in [0.5, 0.6) is 11.5 Å². The molecule has 11 heteroatoms. The van der Waals surface area contributed by atoms with E-state index in [0.29, 0.717) is 60.2 Å². The van der Waals surface area contributed by atoms with Gasteiger partial charge in [-0.2, -0.15) is 0 Å². The number of hydrogen-bond acceptors (Lipinski definition) is 7. The number of hydrogen-bond donors (Lipinski definition) is 4. The number of nitrogens with one attached hydrogen (secondary N) is 2. The minimum absolute atomic E-state index is 0.103. The van der Waals surface area contributed by atoms with E-state index in [1.165, 1.54) is 16.7 Å². The Labute approximate surface area is 352 Å². The molecule has 1 fully saturated rings. The first-order valence-electron chi connectivity index (χ1n) is 21.1. The van der Waals surface area contributed by atoms with Gasteiger partial charge in [0.1, 0.15) is 17.0 Å². The molecule has 1 aromatic heterocycles. The lowest BCUT2D eigenvalue weighted by atomic mass is 9.59. The molecule has 0 radical (unpaired) electrons. The van der Waals surface area contributed by atoms with Crippen molar-refractivity contribution in [2.45, 2.75) is 108 Å². The number of aromatic nitrogens is 1. The van der Waals surface area contributed by atoms with Crippen LogP contribution in [0.15, 0.2) is 85.1 Å². The van der Waals surface area contributed by atoms with Gasteiger partial charge >= 0.3 is 11.9 Å². The molecular weight excluding hydrogens is 766 g/mol. The van der Waals surface area contributed by atoms with Gasteiger partial charge in [0.15, 0.2) is 6.04 Å². The van der Waals surface area contributed by atoms with Gasteiger partial charge in [-0.1, -0.05) is 74.8 Å². The zero-order chi connectivity index (χ0) is 41.7. The minimum atomic E-state index is -1.14. The summed E-state index contributed by atoms with van der Waals surface area (Å²) in [7, 11) is 0. The Morgan fingerprint density at radius 3 is 2.41 bits per heavy atom. The number of rotatable bonds is 16. The number of pyridine rings is 1. The number of halogens is 1. The molecular formula is C48H56ClN3O7. The topological polar surface area (TPSA) is 147 Å². The molecule has 1 saturated carbocycles. The third-order valence-corrected chi connectivity index (χ3v) is 13.3. The van der Waals surface area contributed by atoms with E-state index in [0.717, 1.165) is 43.5 Å². The van der Waals surface area contributed by atoms with Crippen molar-refractivity contribution in [1.29, 1.82) is 0 Å². The molecule has 4 N–H and O–H groups in total. The Morgan fingerprint density at radius 1 is 0.915 bits per heavy atom. The molecule has 3 aromatic carbocycles. The van der Waals surface area contributed by atoms with E-state index >= 15 is 0 Å². The molecule has 0 saturated heterocycles. The quantitative estimate of drug-likeness (QED) is 0.0868. The number of carbonyl (C=O) groups is 3.